The maximum atomic E-state index is 9.15. The molecule has 0 aliphatic carbocycles. The Hall–Kier alpha value is -1.20. The van der Waals surface area contributed by atoms with Gasteiger partial charge in [0.15, 0.2) is 0 Å². The largest absolute Gasteiger partial charge is 0.302 e. The molecule has 0 aromatic heterocycles. The lowest BCUT2D eigenvalue weighted by Gasteiger charge is -2.32. The summed E-state index contributed by atoms with van der Waals surface area (Å²) in [5.41, 5.74) is 0. The van der Waals surface area contributed by atoms with E-state index in [0.717, 1.165) is 37.5 Å². The average molecular weight is 334 g/mol. The van der Waals surface area contributed by atoms with Crippen LogP contribution in [0.5, 0.6) is 0 Å². The molecule has 0 amide bonds. The monoisotopic (exact) mass is 333 g/mol. The number of nitriles is 2. The van der Waals surface area contributed by atoms with Gasteiger partial charge in [-0.2, -0.15) is 10.5 Å². The van der Waals surface area contributed by atoms with Crippen LogP contribution in [-0.2, 0) is 0 Å². The standard InChI is InChI=1S/C17H20ClN3S/c18-15-3-5-16(6-4-15)22-17-7-10-21(11-8-17)13-14(12-20)2-1-9-19/h3-6,14,17H,1-2,7-8,10-11,13H2. The lowest BCUT2D eigenvalue weighted by atomic mass is 10.0. The molecule has 116 valence electrons. The highest BCUT2D eigenvalue weighted by Gasteiger charge is 2.22. The Morgan fingerprint density at radius 1 is 1.23 bits per heavy atom. The van der Waals surface area contributed by atoms with Crippen LogP contribution in [0.2, 0.25) is 5.02 Å². The van der Waals surface area contributed by atoms with Crippen molar-refractivity contribution < 1.29 is 0 Å². The molecule has 1 saturated heterocycles. The summed E-state index contributed by atoms with van der Waals surface area (Å²) in [7, 11) is 0. The topological polar surface area (TPSA) is 50.8 Å². The number of nitrogens with zero attached hydrogens (tertiary/aromatic N) is 3. The summed E-state index contributed by atoms with van der Waals surface area (Å²) in [4.78, 5) is 3.64. The van der Waals surface area contributed by atoms with Crippen molar-refractivity contribution >= 4 is 23.4 Å². The third-order valence-corrected chi connectivity index (χ3v) is 5.52. The molecule has 0 radical (unpaired) electrons. The smallest absolute Gasteiger partial charge is 0.0669 e. The minimum Gasteiger partial charge on any atom is -0.302 e. The van der Waals surface area contributed by atoms with Gasteiger partial charge in [-0.15, -0.1) is 11.8 Å². The number of rotatable bonds is 6. The molecule has 2 rings (SSSR count). The molecule has 0 saturated carbocycles. The maximum absolute atomic E-state index is 9.15. The van der Waals surface area contributed by atoms with Gasteiger partial charge < -0.3 is 4.90 Å². The van der Waals surface area contributed by atoms with E-state index in [0.29, 0.717) is 18.1 Å². The normalized spacial score (nSPS) is 17.6. The summed E-state index contributed by atoms with van der Waals surface area (Å²) in [6, 6.07) is 12.5. The summed E-state index contributed by atoms with van der Waals surface area (Å²) in [5, 5.41) is 19.2. The van der Waals surface area contributed by atoms with Crippen molar-refractivity contribution in [1.29, 1.82) is 10.5 Å². The van der Waals surface area contributed by atoms with Gasteiger partial charge in [-0.1, -0.05) is 11.6 Å². The maximum Gasteiger partial charge on any atom is 0.0669 e. The molecule has 22 heavy (non-hydrogen) atoms. The van der Waals surface area contributed by atoms with Crippen molar-refractivity contribution in [3.8, 4) is 12.1 Å². The zero-order valence-electron chi connectivity index (χ0n) is 12.5. The Morgan fingerprint density at radius 3 is 2.50 bits per heavy atom. The van der Waals surface area contributed by atoms with E-state index in [-0.39, 0.29) is 5.92 Å². The van der Waals surface area contributed by atoms with Gasteiger partial charge in [-0.25, -0.2) is 0 Å². The van der Waals surface area contributed by atoms with E-state index in [2.05, 4.69) is 29.2 Å². The Bertz CT molecular complexity index is 539. The van der Waals surface area contributed by atoms with Gasteiger partial charge in [0.1, 0.15) is 0 Å². The highest BCUT2D eigenvalue weighted by molar-refractivity contribution is 8.00. The quantitative estimate of drug-likeness (QED) is 0.777. The van der Waals surface area contributed by atoms with Crippen molar-refractivity contribution in [3.05, 3.63) is 29.3 Å². The van der Waals surface area contributed by atoms with E-state index < -0.39 is 0 Å². The first-order valence-corrected chi connectivity index (χ1v) is 8.88. The fourth-order valence-electron chi connectivity index (χ4n) is 2.66. The van der Waals surface area contributed by atoms with E-state index in [1.807, 2.05) is 23.9 Å². The highest BCUT2D eigenvalue weighted by Crippen LogP contribution is 2.31. The van der Waals surface area contributed by atoms with E-state index in [1.54, 1.807) is 0 Å². The summed E-state index contributed by atoms with van der Waals surface area (Å²) < 4.78 is 0. The first-order chi connectivity index (χ1) is 10.7. The van der Waals surface area contributed by atoms with Gasteiger partial charge in [-0.05, 0) is 56.6 Å². The van der Waals surface area contributed by atoms with Gasteiger partial charge in [0, 0.05) is 28.1 Å². The second-order valence-corrected chi connectivity index (χ2v) is 7.40. The van der Waals surface area contributed by atoms with Crippen LogP contribution in [0.25, 0.3) is 0 Å². The Balaban J connectivity index is 1.74. The van der Waals surface area contributed by atoms with Gasteiger partial charge in [0.2, 0.25) is 0 Å². The molecule has 1 fully saturated rings. The van der Waals surface area contributed by atoms with E-state index in [9.17, 15) is 0 Å². The average Bonchev–Trinajstić information content (AvgIpc) is 2.55. The molecule has 0 spiro atoms. The molecule has 0 bridgehead atoms. The summed E-state index contributed by atoms with van der Waals surface area (Å²) >= 11 is 7.83. The predicted octanol–water partition coefficient (Wildman–Crippen LogP) is 4.34. The number of halogens is 1. The zero-order chi connectivity index (χ0) is 15.8. The molecule has 3 nitrogen and oxygen atoms in total. The second kappa shape index (κ2) is 9.06. The molecular formula is C17H20ClN3S. The van der Waals surface area contributed by atoms with Crippen LogP contribution in [0.3, 0.4) is 0 Å². The van der Waals surface area contributed by atoms with E-state index >= 15 is 0 Å². The van der Waals surface area contributed by atoms with Crippen LogP contribution >= 0.6 is 23.4 Å². The van der Waals surface area contributed by atoms with Crippen LogP contribution in [0.15, 0.2) is 29.2 Å². The van der Waals surface area contributed by atoms with Crippen molar-refractivity contribution in [2.45, 2.75) is 35.8 Å². The zero-order valence-corrected chi connectivity index (χ0v) is 14.1. The van der Waals surface area contributed by atoms with Crippen LogP contribution < -0.4 is 0 Å². The predicted molar refractivity (Wildman–Crippen MR) is 90.7 cm³/mol. The number of benzene rings is 1. The number of hydrogen-bond donors (Lipinski definition) is 0. The van der Waals surface area contributed by atoms with Crippen LogP contribution in [0.4, 0.5) is 0 Å². The Morgan fingerprint density at radius 2 is 1.91 bits per heavy atom. The summed E-state index contributed by atoms with van der Waals surface area (Å²) in [6.07, 6.45) is 3.45. The molecule has 1 atom stereocenters. The first-order valence-electron chi connectivity index (χ1n) is 7.62. The second-order valence-electron chi connectivity index (χ2n) is 5.59. The summed E-state index contributed by atoms with van der Waals surface area (Å²) in [5.74, 6) is -0.0138. The minimum absolute atomic E-state index is 0.0138. The minimum atomic E-state index is -0.0138. The molecule has 1 unspecified atom stereocenters. The van der Waals surface area contributed by atoms with Crippen LogP contribution in [0, 0.1) is 28.6 Å². The lowest BCUT2D eigenvalue weighted by Crippen LogP contribution is -2.37. The Labute approximate surface area is 141 Å². The van der Waals surface area contributed by atoms with Crippen molar-refractivity contribution in [2.24, 2.45) is 5.92 Å². The number of likely N-dealkylation sites (tertiary alicyclic amines) is 1. The summed E-state index contributed by atoms with van der Waals surface area (Å²) in [6.45, 7) is 2.88. The molecule has 5 heteroatoms. The van der Waals surface area contributed by atoms with Crippen molar-refractivity contribution in [1.82, 2.24) is 4.90 Å². The number of piperidine rings is 1. The van der Waals surface area contributed by atoms with Crippen molar-refractivity contribution in [2.75, 3.05) is 19.6 Å². The van der Waals surface area contributed by atoms with Gasteiger partial charge in [0.05, 0.1) is 18.1 Å². The fourth-order valence-corrected chi connectivity index (χ4v) is 3.91. The molecule has 1 aliphatic rings. The fraction of sp³-hybridized carbons (Fsp3) is 0.529. The van der Waals surface area contributed by atoms with E-state index in [4.69, 9.17) is 22.1 Å². The molecule has 0 N–H and O–H groups in total. The third kappa shape index (κ3) is 5.54. The van der Waals surface area contributed by atoms with Gasteiger partial charge in [0.25, 0.3) is 0 Å². The molecule has 1 heterocycles. The molecule has 1 aromatic carbocycles. The third-order valence-electron chi connectivity index (χ3n) is 3.92. The number of hydrogen-bond acceptors (Lipinski definition) is 4. The molecule has 1 aromatic rings. The van der Waals surface area contributed by atoms with Crippen molar-refractivity contribution in [3.63, 3.8) is 0 Å². The molecule has 1 aliphatic heterocycles. The highest BCUT2D eigenvalue weighted by atomic mass is 35.5. The lowest BCUT2D eigenvalue weighted by molar-refractivity contribution is 0.211. The van der Waals surface area contributed by atoms with Crippen LogP contribution in [0.1, 0.15) is 25.7 Å². The van der Waals surface area contributed by atoms with E-state index in [1.165, 1.54) is 4.90 Å². The van der Waals surface area contributed by atoms with Crippen LogP contribution in [-0.4, -0.2) is 29.8 Å². The first kappa shape index (κ1) is 17.2. The van der Waals surface area contributed by atoms with Gasteiger partial charge in [-0.3, -0.25) is 0 Å². The number of thioether (sulfide) groups is 1. The molecular weight excluding hydrogens is 314 g/mol. The Kier molecular flexibility index (Phi) is 7.06. The SMILES string of the molecule is N#CCCC(C#N)CN1CCC(Sc2ccc(Cl)cc2)CC1. The van der Waals surface area contributed by atoms with Gasteiger partial charge >= 0.3 is 0 Å².